The van der Waals surface area contributed by atoms with Crippen molar-refractivity contribution in [3.05, 3.63) is 65.9 Å². The summed E-state index contributed by atoms with van der Waals surface area (Å²) in [4.78, 5) is 17.5. The SMILES string of the molecule is Cc1ccc(OC(C)C)c(C2(C(=O)NS(=O)(=O)c3cccc4ncccc34)CC2)c1. The molecule has 1 aliphatic carbocycles. The number of nitrogens with zero attached hydrogens (tertiary/aromatic N) is 1. The second-order valence-electron chi connectivity index (χ2n) is 8.01. The average Bonchev–Trinajstić information content (AvgIpc) is 3.50. The first kappa shape index (κ1) is 20.3. The lowest BCUT2D eigenvalue weighted by Crippen LogP contribution is -2.39. The van der Waals surface area contributed by atoms with E-state index in [1.807, 2.05) is 39.0 Å². The van der Waals surface area contributed by atoms with E-state index in [9.17, 15) is 13.2 Å². The molecule has 1 amide bonds. The maximum Gasteiger partial charge on any atom is 0.264 e. The lowest BCUT2D eigenvalue weighted by Gasteiger charge is -2.21. The highest BCUT2D eigenvalue weighted by atomic mass is 32.2. The first-order valence-corrected chi connectivity index (χ1v) is 11.4. The summed E-state index contributed by atoms with van der Waals surface area (Å²) < 4.78 is 34.4. The Kier molecular flexibility index (Phi) is 5.02. The number of aromatic nitrogens is 1. The maximum atomic E-state index is 13.2. The number of aryl methyl sites for hydroxylation is 1. The molecule has 0 spiro atoms. The lowest BCUT2D eigenvalue weighted by atomic mass is 9.93. The number of rotatable bonds is 6. The van der Waals surface area contributed by atoms with E-state index in [1.165, 1.54) is 6.07 Å². The van der Waals surface area contributed by atoms with E-state index in [1.54, 1.807) is 30.5 Å². The highest BCUT2D eigenvalue weighted by Crippen LogP contribution is 2.52. The molecule has 0 bridgehead atoms. The molecular weight excluding hydrogens is 400 g/mol. The van der Waals surface area contributed by atoms with Crippen molar-refractivity contribution < 1.29 is 17.9 Å². The highest BCUT2D eigenvalue weighted by Gasteiger charge is 2.54. The number of carbonyl (C=O) groups excluding carboxylic acids is 1. The Hall–Kier alpha value is -2.93. The zero-order valence-electron chi connectivity index (χ0n) is 17.2. The normalized spacial score (nSPS) is 15.2. The van der Waals surface area contributed by atoms with Crippen LogP contribution in [0.4, 0.5) is 0 Å². The Bertz CT molecular complexity index is 1230. The number of hydrogen-bond donors (Lipinski definition) is 1. The monoisotopic (exact) mass is 424 g/mol. The third kappa shape index (κ3) is 3.65. The number of pyridine rings is 1. The van der Waals surface area contributed by atoms with E-state index in [4.69, 9.17) is 4.74 Å². The van der Waals surface area contributed by atoms with Gasteiger partial charge in [0.15, 0.2) is 0 Å². The Morgan fingerprint density at radius 2 is 1.90 bits per heavy atom. The number of nitrogens with one attached hydrogen (secondary N) is 1. The van der Waals surface area contributed by atoms with Crippen LogP contribution in [0.2, 0.25) is 0 Å². The molecular formula is C23H24N2O4S. The van der Waals surface area contributed by atoms with Gasteiger partial charge in [-0.15, -0.1) is 0 Å². The molecule has 0 atom stereocenters. The topological polar surface area (TPSA) is 85.4 Å². The van der Waals surface area contributed by atoms with E-state index in [0.29, 0.717) is 29.5 Å². The smallest absolute Gasteiger partial charge is 0.264 e. The van der Waals surface area contributed by atoms with Crippen LogP contribution in [0, 0.1) is 6.92 Å². The van der Waals surface area contributed by atoms with Crippen molar-refractivity contribution in [1.82, 2.24) is 9.71 Å². The van der Waals surface area contributed by atoms with E-state index < -0.39 is 21.3 Å². The number of carbonyl (C=O) groups is 1. The molecule has 0 unspecified atom stereocenters. The summed E-state index contributed by atoms with van der Waals surface area (Å²) >= 11 is 0. The van der Waals surface area contributed by atoms with E-state index in [-0.39, 0.29) is 11.0 Å². The van der Waals surface area contributed by atoms with Crippen LogP contribution in [0.5, 0.6) is 5.75 Å². The summed E-state index contributed by atoms with van der Waals surface area (Å²) in [5.41, 5.74) is 1.39. The molecule has 156 valence electrons. The molecule has 7 heteroatoms. The zero-order valence-corrected chi connectivity index (χ0v) is 18.0. The molecule has 1 fully saturated rings. The maximum absolute atomic E-state index is 13.2. The molecule has 0 aliphatic heterocycles. The van der Waals surface area contributed by atoms with Crippen molar-refractivity contribution in [2.75, 3.05) is 0 Å². The predicted octanol–water partition coefficient (Wildman–Crippen LogP) is 3.87. The summed E-state index contributed by atoms with van der Waals surface area (Å²) in [6.07, 6.45) is 2.69. The minimum atomic E-state index is -4.06. The highest BCUT2D eigenvalue weighted by molar-refractivity contribution is 7.90. The van der Waals surface area contributed by atoms with Gasteiger partial charge in [-0.1, -0.05) is 23.8 Å². The Morgan fingerprint density at radius 1 is 1.13 bits per heavy atom. The molecule has 3 aromatic rings. The van der Waals surface area contributed by atoms with Crippen LogP contribution in [-0.4, -0.2) is 25.4 Å². The van der Waals surface area contributed by atoms with Gasteiger partial charge in [-0.25, -0.2) is 13.1 Å². The van der Waals surface area contributed by atoms with Crippen LogP contribution < -0.4 is 9.46 Å². The first-order chi connectivity index (χ1) is 14.2. The van der Waals surface area contributed by atoms with Crippen LogP contribution in [0.15, 0.2) is 59.6 Å². The van der Waals surface area contributed by atoms with Gasteiger partial charge in [0, 0.05) is 17.1 Å². The van der Waals surface area contributed by atoms with E-state index in [2.05, 4.69) is 9.71 Å². The number of benzene rings is 2. The second kappa shape index (κ2) is 7.40. The molecule has 6 nitrogen and oxygen atoms in total. The molecule has 1 aromatic heterocycles. The van der Waals surface area contributed by atoms with Gasteiger partial charge in [0.1, 0.15) is 5.75 Å². The Morgan fingerprint density at radius 3 is 2.60 bits per heavy atom. The van der Waals surface area contributed by atoms with Crippen LogP contribution >= 0.6 is 0 Å². The van der Waals surface area contributed by atoms with Gasteiger partial charge in [-0.05, 0) is 63.9 Å². The molecule has 2 aromatic carbocycles. The quantitative estimate of drug-likeness (QED) is 0.649. The number of fused-ring (bicyclic) bond motifs is 1. The van der Waals surface area contributed by atoms with Crippen LogP contribution in [-0.2, 0) is 20.2 Å². The van der Waals surface area contributed by atoms with Gasteiger partial charge in [-0.2, -0.15) is 0 Å². The largest absolute Gasteiger partial charge is 0.491 e. The van der Waals surface area contributed by atoms with Gasteiger partial charge >= 0.3 is 0 Å². The number of ether oxygens (including phenoxy) is 1. The molecule has 1 aliphatic rings. The second-order valence-corrected chi connectivity index (χ2v) is 9.66. The van der Waals surface area contributed by atoms with Crippen molar-refractivity contribution in [2.45, 2.75) is 50.0 Å². The standard InChI is InChI=1S/C23H24N2O4S/c1-15(2)29-20-10-9-16(3)14-18(20)23(11-12-23)22(26)25-30(27,28)21-8-4-7-19-17(21)6-5-13-24-19/h4-10,13-15H,11-12H2,1-3H3,(H,25,26). The molecule has 4 rings (SSSR count). The third-order valence-corrected chi connectivity index (χ3v) is 6.71. The zero-order chi connectivity index (χ0) is 21.5. The van der Waals surface area contributed by atoms with Crippen LogP contribution in [0.25, 0.3) is 10.9 Å². The third-order valence-electron chi connectivity index (χ3n) is 5.32. The predicted molar refractivity (Wildman–Crippen MR) is 115 cm³/mol. The van der Waals surface area contributed by atoms with Gasteiger partial charge in [0.2, 0.25) is 5.91 Å². The van der Waals surface area contributed by atoms with E-state index in [0.717, 1.165) is 11.1 Å². The van der Waals surface area contributed by atoms with Crippen molar-refractivity contribution in [3.63, 3.8) is 0 Å². The van der Waals surface area contributed by atoms with Gasteiger partial charge in [0.25, 0.3) is 10.0 Å². The van der Waals surface area contributed by atoms with E-state index >= 15 is 0 Å². The van der Waals surface area contributed by atoms with Crippen molar-refractivity contribution in [1.29, 1.82) is 0 Å². The number of hydrogen-bond acceptors (Lipinski definition) is 5. The minimum absolute atomic E-state index is 0.0418. The lowest BCUT2D eigenvalue weighted by molar-refractivity contribution is -0.121. The van der Waals surface area contributed by atoms with Crippen molar-refractivity contribution >= 4 is 26.8 Å². The molecule has 0 saturated heterocycles. The Labute approximate surface area is 176 Å². The molecule has 1 heterocycles. The summed E-state index contributed by atoms with van der Waals surface area (Å²) in [5.74, 6) is 0.0950. The first-order valence-electron chi connectivity index (χ1n) is 9.92. The van der Waals surface area contributed by atoms with Gasteiger partial charge < -0.3 is 4.74 Å². The fraction of sp³-hybridized carbons (Fsp3) is 0.304. The minimum Gasteiger partial charge on any atom is -0.491 e. The van der Waals surface area contributed by atoms with Crippen molar-refractivity contribution in [2.24, 2.45) is 0 Å². The summed E-state index contributed by atoms with van der Waals surface area (Å²) in [7, 11) is -4.06. The number of sulfonamides is 1. The molecule has 1 saturated carbocycles. The molecule has 0 radical (unpaired) electrons. The van der Waals surface area contributed by atoms with Crippen molar-refractivity contribution in [3.8, 4) is 5.75 Å². The summed E-state index contributed by atoms with van der Waals surface area (Å²) in [6, 6.07) is 13.9. The fourth-order valence-corrected chi connectivity index (χ4v) is 4.97. The number of amides is 1. The molecule has 1 N–H and O–H groups in total. The summed E-state index contributed by atoms with van der Waals surface area (Å²) in [5, 5.41) is 0.476. The molecule has 30 heavy (non-hydrogen) atoms. The van der Waals surface area contributed by atoms with Crippen LogP contribution in [0.1, 0.15) is 37.8 Å². The van der Waals surface area contributed by atoms with Gasteiger partial charge in [-0.3, -0.25) is 9.78 Å². The fourth-order valence-electron chi connectivity index (χ4n) is 3.70. The average molecular weight is 425 g/mol. The van der Waals surface area contributed by atoms with Gasteiger partial charge in [0.05, 0.1) is 21.9 Å². The summed E-state index contributed by atoms with van der Waals surface area (Å²) in [6.45, 7) is 5.78. The van der Waals surface area contributed by atoms with Crippen LogP contribution in [0.3, 0.4) is 0 Å². The Balaban J connectivity index is 1.70.